The van der Waals surface area contributed by atoms with Crippen molar-refractivity contribution >= 4 is 22.9 Å². The van der Waals surface area contributed by atoms with Crippen molar-refractivity contribution in [3.63, 3.8) is 0 Å². The first kappa shape index (κ1) is 18.3. The third kappa shape index (κ3) is 4.16. The van der Waals surface area contributed by atoms with E-state index in [9.17, 15) is 14.7 Å². The summed E-state index contributed by atoms with van der Waals surface area (Å²) in [7, 11) is 0. The molecular formula is C19H26N4O3. The number of H-pyrrole nitrogens is 1. The van der Waals surface area contributed by atoms with E-state index in [0.29, 0.717) is 6.54 Å². The molecule has 1 unspecified atom stereocenters. The highest BCUT2D eigenvalue weighted by atomic mass is 16.4. The number of carbonyl (C=O) groups excluding carboxylic acids is 1. The number of carbonyl (C=O) groups is 2. The smallest absolute Gasteiger partial charge is 0.405 e. The summed E-state index contributed by atoms with van der Waals surface area (Å²) in [5.74, 6) is -0.302. The molecule has 1 fully saturated rings. The maximum Gasteiger partial charge on any atom is 0.405 e. The van der Waals surface area contributed by atoms with Crippen molar-refractivity contribution in [3.8, 4) is 0 Å². The summed E-state index contributed by atoms with van der Waals surface area (Å²) >= 11 is 0. The number of benzene rings is 1. The van der Waals surface area contributed by atoms with E-state index >= 15 is 0 Å². The number of likely N-dealkylation sites (tertiary alicyclic amines) is 1. The van der Waals surface area contributed by atoms with Crippen LogP contribution in [0.2, 0.25) is 0 Å². The van der Waals surface area contributed by atoms with Crippen LogP contribution in [0.25, 0.3) is 10.9 Å². The van der Waals surface area contributed by atoms with Crippen LogP contribution in [0.5, 0.6) is 0 Å². The number of para-hydroxylation sites is 1. The first-order chi connectivity index (χ1) is 12.5. The lowest BCUT2D eigenvalue weighted by Gasteiger charge is -2.28. The van der Waals surface area contributed by atoms with Crippen molar-refractivity contribution in [1.29, 1.82) is 0 Å². The van der Waals surface area contributed by atoms with Gasteiger partial charge in [-0.2, -0.15) is 0 Å². The zero-order chi connectivity index (χ0) is 18.6. The summed E-state index contributed by atoms with van der Waals surface area (Å²) < 4.78 is 0. The minimum atomic E-state index is -1.23. The van der Waals surface area contributed by atoms with Crippen molar-refractivity contribution in [1.82, 2.24) is 20.5 Å². The van der Waals surface area contributed by atoms with E-state index in [2.05, 4.69) is 20.5 Å². The molecule has 1 saturated heterocycles. The second kappa shape index (κ2) is 7.78. The molecule has 4 N–H and O–H groups in total. The number of carboxylic acid groups (broad SMARTS) is 1. The van der Waals surface area contributed by atoms with Gasteiger partial charge in [0.05, 0.1) is 0 Å². The molecule has 140 valence electrons. The highest BCUT2D eigenvalue weighted by Gasteiger charge is 2.35. The van der Waals surface area contributed by atoms with Crippen molar-refractivity contribution in [2.45, 2.75) is 31.7 Å². The van der Waals surface area contributed by atoms with Gasteiger partial charge in [0.25, 0.3) is 0 Å². The average molecular weight is 358 g/mol. The number of rotatable bonds is 7. The normalized spacial score (nSPS) is 17.1. The van der Waals surface area contributed by atoms with Crippen molar-refractivity contribution in [2.24, 2.45) is 0 Å². The van der Waals surface area contributed by atoms with Gasteiger partial charge in [-0.05, 0) is 44.5 Å². The SMILES string of the molecule is CC(Cc1c[nH]c2ccccc12)(NC(=O)O)C(=O)NCCN1CCCC1. The topological polar surface area (TPSA) is 97.5 Å². The fourth-order valence-electron chi connectivity index (χ4n) is 3.60. The summed E-state index contributed by atoms with van der Waals surface area (Å²) in [6, 6.07) is 7.78. The van der Waals surface area contributed by atoms with Gasteiger partial charge in [-0.1, -0.05) is 18.2 Å². The summed E-state index contributed by atoms with van der Waals surface area (Å²) in [6.07, 6.45) is 3.31. The number of amides is 2. The largest absolute Gasteiger partial charge is 0.465 e. The van der Waals surface area contributed by atoms with Crippen LogP contribution >= 0.6 is 0 Å². The Kier molecular flexibility index (Phi) is 5.46. The molecule has 0 spiro atoms. The van der Waals surface area contributed by atoms with Crippen LogP contribution in [0.1, 0.15) is 25.3 Å². The zero-order valence-electron chi connectivity index (χ0n) is 15.0. The molecule has 2 aromatic rings. The number of nitrogens with zero attached hydrogens (tertiary/aromatic N) is 1. The fraction of sp³-hybridized carbons (Fsp3) is 0.474. The molecule has 7 heteroatoms. The molecule has 7 nitrogen and oxygen atoms in total. The average Bonchev–Trinajstić information content (AvgIpc) is 3.24. The standard InChI is InChI=1S/C19H26N4O3/c1-19(22-18(25)26,17(24)20-8-11-23-9-4-5-10-23)12-14-13-21-16-7-3-2-6-15(14)16/h2-3,6-7,13,21-22H,4-5,8-12H2,1H3,(H,20,24)(H,25,26). The second-order valence-corrected chi connectivity index (χ2v) is 7.10. The number of aromatic amines is 1. The molecule has 3 rings (SSSR count). The quantitative estimate of drug-likeness (QED) is 0.608. The van der Waals surface area contributed by atoms with E-state index in [1.807, 2.05) is 30.5 Å². The van der Waals surface area contributed by atoms with Gasteiger partial charge in [0.1, 0.15) is 5.54 Å². The molecule has 0 radical (unpaired) electrons. The van der Waals surface area contributed by atoms with Crippen LogP contribution in [-0.4, -0.2) is 58.7 Å². The Balaban J connectivity index is 1.70. The molecule has 0 aliphatic carbocycles. The Morgan fingerprint density at radius 2 is 2.00 bits per heavy atom. The van der Waals surface area contributed by atoms with Gasteiger partial charge in [0.2, 0.25) is 5.91 Å². The van der Waals surface area contributed by atoms with Gasteiger partial charge in [-0.25, -0.2) is 4.79 Å². The molecule has 26 heavy (non-hydrogen) atoms. The van der Waals surface area contributed by atoms with E-state index in [0.717, 1.165) is 36.1 Å². The van der Waals surface area contributed by atoms with Gasteiger partial charge in [0.15, 0.2) is 0 Å². The minimum absolute atomic E-state index is 0.277. The molecule has 1 aliphatic heterocycles. The van der Waals surface area contributed by atoms with Crippen molar-refractivity contribution < 1.29 is 14.7 Å². The molecule has 1 aliphatic rings. The fourth-order valence-corrected chi connectivity index (χ4v) is 3.60. The molecule has 0 saturated carbocycles. The van der Waals surface area contributed by atoms with Crippen LogP contribution in [0, 0.1) is 0 Å². The summed E-state index contributed by atoms with van der Waals surface area (Å²) in [4.78, 5) is 29.5. The van der Waals surface area contributed by atoms with Crippen LogP contribution in [0.4, 0.5) is 4.79 Å². The summed E-state index contributed by atoms with van der Waals surface area (Å²) in [5.41, 5.74) is 0.642. The summed E-state index contributed by atoms with van der Waals surface area (Å²) in [5, 5.41) is 15.5. The Morgan fingerprint density at radius 3 is 2.73 bits per heavy atom. The van der Waals surface area contributed by atoms with Crippen LogP contribution in [0.15, 0.2) is 30.5 Å². The number of aromatic nitrogens is 1. The zero-order valence-corrected chi connectivity index (χ0v) is 15.0. The Bertz CT molecular complexity index is 782. The minimum Gasteiger partial charge on any atom is -0.465 e. The molecule has 1 aromatic heterocycles. The maximum absolute atomic E-state index is 12.8. The highest BCUT2D eigenvalue weighted by Crippen LogP contribution is 2.23. The molecule has 1 atom stereocenters. The van der Waals surface area contributed by atoms with E-state index in [4.69, 9.17) is 0 Å². The number of nitrogens with one attached hydrogen (secondary N) is 3. The Labute approximate surface area is 152 Å². The highest BCUT2D eigenvalue weighted by molar-refractivity contribution is 5.91. The Hall–Kier alpha value is -2.54. The summed E-state index contributed by atoms with van der Waals surface area (Å²) in [6.45, 7) is 5.07. The molecule has 0 bridgehead atoms. The van der Waals surface area contributed by atoms with Crippen LogP contribution in [0.3, 0.4) is 0 Å². The third-order valence-corrected chi connectivity index (χ3v) is 5.02. The van der Waals surface area contributed by atoms with E-state index in [1.54, 1.807) is 6.92 Å². The van der Waals surface area contributed by atoms with E-state index < -0.39 is 11.6 Å². The third-order valence-electron chi connectivity index (χ3n) is 5.02. The van der Waals surface area contributed by atoms with Crippen molar-refractivity contribution in [2.75, 3.05) is 26.2 Å². The Morgan fingerprint density at radius 1 is 1.27 bits per heavy atom. The number of hydrogen-bond donors (Lipinski definition) is 4. The predicted octanol–water partition coefficient (Wildman–Crippen LogP) is 1.95. The van der Waals surface area contributed by atoms with Gasteiger partial charge < -0.3 is 25.6 Å². The molecule has 1 aromatic carbocycles. The second-order valence-electron chi connectivity index (χ2n) is 7.10. The number of hydrogen-bond acceptors (Lipinski definition) is 3. The van der Waals surface area contributed by atoms with E-state index in [1.165, 1.54) is 12.8 Å². The lowest BCUT2D eigenvalue weighted by Crippen LogP contribution is -2.58. The van der Waals surface area contributed by atoms with Gasteiger partial charge in [-0.15, -0.1) is 0 Å². The molecule has 2 amide bonds. The number of fused-ring (bicyclic) bond motifs is 1. The van der Waals surface area contributed by atoms with Crippen LogP contribution < -0.4 is 10.6 Å². The lowest BCUT2D eigenvalue weighted by atomic mass is 9.91. The van der Waals surface area contributed by atoms with Gasteiger partial charge in [-0.3, -0.25) is 4.79 Å². The first-order valence-electron chi connectivity index (χ1n) is 9.05. The molecular weight excluding hydrogens is 332 g/mol. The maximum atomic E-state index is 12.8. The van der Waals surface area contributed by atoms with Crippen molar-refractivity contribution in [3.05, 3.63) is 36.0 Å². The van der Waals surface area contributed by atoms with Gasteiger partial charge in [0, 0.05) is 36.6 Å². The first-order valence-corrected chi connectivity index (χ1v) is 9.05. The predicted molar refractivity (Wildman–Crippen MR) is 100 cm³/mol. The molecule has 2 heterocycles. The monoisotopic (exact) mass is 358 g/mol. The lowest BCUT2D eigenvalue weighted by molar-refractivity contribution is -0.126. The van der Waals surface area contributed by atoms with Crippen LogP contribution in [-0.2, 0) is 11.2 Å². The van der Waals surface area contributed by atoms with Gasteiger partial charge >= 0.3 is 6.09 Å². The van der Waals surface area contributed by atoms with E-state index in [-0.39, 0.29) is 12.3 Å².